The molecule has 0 spiro atoms. The molecule has 0 aliphatic carbocycles. The first kappa shape index (κ1) is 12.8. The van der Waals surface area contributed by atoms with E-state index in [0.29, 0.717) is 31.3 Å². The number of hydrogen-bond acceptors (Lipinski definition) is 4. The summed E-state index contributed by atoms with van der Waals surface area (Å²) >= 11 is 0. The highest BCUT2D eigenvalue weighted by Gasteiger charge is 2.36. The highest BCUT2D eigenvalue weighted by atomic mass is 16.6. The summed E-state index contributed by atoms with van der Waals surface area (Å²) in [5.41, 5.74) is 0.867. The van der Waals surface area contributed by atoms with E-state index in [9.17, 15) is 4.79 Å². The predicted octanol–water partition coefficient (Wildman–Crippen LogP) is 1.91. The molecule has 1 aromatic carbocycles. The van der Waals surface area contributed by atoms with E-state index in [1.807, 2.05) is 25.1 Å². The SMILES string of the molecule is CCCN1C(=O)NC(=N)C1c1ccc2c(c1)OCCO2. The first-order valence-corrected chi connectivity index (χ1v) is 6.76. The van der Waals surface area contributed by atoms with Crippen molar-refractivity contribution < 1.29 is 14.3 Å². The normalized spacial score (nSPS) is 21.1. The second kappa shape index (κ2) is 5.03. The lowest BCUT2D eigenvalue weighted by Gasteiger charge is -2.24. The van der Waals surface area contributed by atoms with Crippen molar-refractivity contribution in [2.45, 2.75) is 19.4 Å². The molecule has 6 nitrogen and oxygen atoms in total. The first-order chi connectivity index (χ1) is 9.70. The van der Waals surface area contributed by atoms with Crippen LogP contribution in [0.2, 0.25) is 0 Å². The second-order valence-corrected chi connectivity index (χ2v) is 4.84. The van der Waals surface area contributed by atoms with Crippen LogP contribution in [0.1, 0.15) is 24.9 Å². The second-order valence-electron chi connectivity index (χ2n) is 4.84. The molecular formula is C14H17N3O3. The third-order valence-electron chi connectivity index (χ3n) is 3.43. The van der Waals surface area contributed by atoms with Gasteiger partial charge in [-0.25, -0.2) is 4.79 Å². The first-order valence-electron chi connectivity index (χ1n) is 6.76. The van der Waals surface area contributed by atoms with E-state index in [-0.39, 0.29) is 17.9 Å². The van der Waals surface area contributed by atoms with E-state index >= 15 is 0 Å². The molecule has 0 saturated carbocycles. The molecule has 0 bridgehead atoms. The summed E-state index contributed by atoms with van der Waals surface area (Å²) in [7, 11) is 0. The van der Waals surface area contributed by atoms with Gasteiger partial charge in [-0.05, 0) is 24.1 Å². The summed E-state index contributed by atoms with van der Waals surface area (Å²) in [6, 6.07) is 5.01. The number of benzene rings is 1. The Bertz CT molecular complexity index is 559. The number of rotatable bonds is 3. The van der Waals surface area contributed by atoms with E-state index < -0.39 is 0 Å². The summed E-state index contributed by atoms with van der Waals surface area (Å²) in [6.07, 6.45) is 0.849. The highest BCUT2D eigenvalue weighted by Crippen LogP contribution is 2.35. The maximum Gasteiger partial charge on any atom is 0.323 e. The summed E-state index contributed by atoms with van der Waals surface area (Å²) < 4.78 is 11.1. The molecule has 106 valence electrons. The fraction of sp³-hybridized carbons (Fsp3) is 0.429. The van der Waals surface area contributed by atoms with E-state index in [1.165, 1.54) is 0 Å². The number of fused-ring (bicyclic) bond motifs is 1. The number of carbonyl (C=O) groups excluding carboxylic acids is 1. The molecule has 1 saturated heterocycles. The molecular weight excluding hydrogens is 258 g/mol. The number of nitrogens with one attached hydrogen (secondary N) is 2. The van der Waals surface area contributed by atoms with Gasteiger partial charge in [0.1, 0.15) is 25.1 Å². The fourth-order valence-corrected chi connectivity index (χ4v) is 2.58. The van der Waals surface area contributed by atoms with Crippen LogP contribution in [0.25, 0.3) is 0 Å². The van der Waals surface area contributed by atoms with Gasteiger partial charge in [-0.3, -0.25) is 10.7 Å². The standard InChI is InChI=1S/C14H17N3O3/c1-2-5-17-12(13(15)16-14(17)18)9-3-4-10-11(8-9)20-7-6-19-10/h3-4,8,12H,2,5-7H2,1H3,(H2,15,16,18). The third kappa shape index (κ3) is 2.07. The van der Waals surface area contributed by atoms with Crippen molar-refractivity contribution in [3.63, 3.8) is 0 Å². The smallest absolute Gasteiger partial charge is 0.323 e. The van der Waals surface area contributed by atoms with Crippen LogP contribution >= 0.6 is 0 Å². The summed E-state index contributed by atoms with van der Waals surface area (Å²) in [5, 5.41) is 10.6. The number of amides is 2. The summed E-state index contributed by atoms with van der Waals surface area (Å²) in [5.74, 6) is 1.60. The van der Waals surface area contributed by atoms with Crippen molar-refractivity contribution in [3.8, 4) is 11.5 Å². The van der Waals surface area contributed by atoms with Gasteiger partial charge in [0.25, 0.3) is 0 Å². The number of ether oxygens (including phenoxy) is 2. The molecule has 1 unspecified atom stereocenters. The minimum atomic E-state index is -0.363. The van der Waals surface area contributed by atoms with Crippen LogP contribution in [0.15, 0.2) is 18.2 Å². The Kier molecular flexibility index (Phi) is 3.22. The lowest BCUT2D eigenvalue weighted by molar-refractivity contribution is 0.171. The molecule has 1 fully saturated rings. The monoisotopic (exact) mass is 275 g/mol. The molecule has 3 rings (SSSR count). The number of amidine groups is 1. The van der Waals surface area contributed by atoms with E-state index in [4.69, 9.17) is 14.9 Å². The Balaban J connectivity index is 1.94. The zero-order chi connectivity index (χ0) is 14.1. The minimum Gasteiger partial charge on any atom is -0.486 e. The Labute approximate surface area is 117 Å². The molecule has 0 radical (unpaired) electrons. The van der Waals surface area contributed by atoms with Gasteiger partial charge in [0, 0.05) is 6.54 Å². The molecule has 1 aromatic rings. The van der Waals surface area contributed by atoms with Gasteiger partial charge < -0.3 is 14.4 Å². The van der Waals surface area contributed by atoms with Crippen LogP contribution in [0.5, 0.6) is 11.5 Å². The Morgan fingerprint density at radius 3 is 2.85 bits per heavy atom. The van der Waals surface area contributed by atoms with Crippen LogP contribution < -0.4 is 14.8 Å². The van der Waals surface area contributed by atoms with Gasteiger partial charge in [0.2, 0.25) is 0 Å². The summed E-state index contributed by atoms with van der Waals surface area (Å²) in [4.78, 5) is 13.5. The molecule has 20 heavy (non-hydrogen) atoms. The number of carbonyl (C=O) groups is 1. The molecule has 0 aromatic heterocycles. The van der Waals surface area contributed by atoms with Crippen molar-refractivity contribution in [3.05, 3.63) is 23.8 Å². The lowest BCUT2D eigenvalue weighted by Crippen LogP contribution is -2.30. The van der Waals surface area contributed by atoms with E-state index in [1.54, 1.807) is 4.90 Å². The van der Waals surface area contributed by atoms with Crippen LogP contribution in [0, 0.1) is 5.41 Å². The largest absolute Gasteiger partial charge is 0.486 e. The van der Waals surface area contributed by atoms with Crippen LogP contribution in [-0.4, -0.2) is 36.5 Å². The minimum absolute atomic E-state index is 0.208. The molecule has 2 N–H and O–H groups in total. The van der Waals surface area contributed by atoms with Crippen LogP contribution in [-0.2, 0) is 0 Å². The van der Waals surface area contributed by atoms with Crippen molar-refractivity contribution in [2.75, 3.05) is 19.8 Å². The van der Waals surface area contributed by atoms with Gasteiger partial charge in [-0.15, -0.1) is 0 Å². The zero-order valence-corrected chi connectivity index (χ0v) is 11.3. The van der Waals surface area contributed by atoms with Crippen molar-refractivity contribution in [1.82, 2.24) is 10.2 Å². The number of urea groups is 1. The summed E-state index contributed by atoms with van der Waals surface area (Å²) in [6.45, 7) is 3.70. The number of nitrogens with zero attached hydrogens (tertiary/aromatic N) is 1. The van der Waals surface area contributed by atoms with Crippen molar-refractivity contribution >= 4 is 11.9 Å². The topological polar surface area (TPSA) is 74.7 Å². The zero-order valence-electron chi connectivity index (χ0n) is 11.3. The Morgan fingerprint density at radius 2 is 2.10 bits per heavy atom. The average Bonchev–Trinajstić information content (AvgIpc) is 2.73. The van der Waals surface area contributed by atoms with Gasteiger partial charge in [0.05, 0.1) is 0 Å². The molecule has 6 heteroatoms. The maximum absolute atomic E-state index is 11.9. The average molecular weight is 275 g/mol. The van der Waals surface area contributed by atoms with E-state index in [0.717, 1.165) is 12.0 Å². The van der Waals surface area contributed by atoms with Crippen molar-refractivity contribution in [1.29, 1.82) is 5.41 Å². The third-order valence-corrected chi connectivity index (χ3v) is 3.43. The Morgan fingerprint density at radius 1 is 1.35 bits per heavy atom. The molecule has 2 aliphatic rings. The van der Waals surface area contributed by atoms with Gasteiger partial charge in [0.15, 0.2) is 11.5 Å². The highest BCUT2D eigenvalue weighted by molar-refractivity contribution is 6.06. The van der Waals surface area contributed by atoms with Gasteiger partial charge >= 0.3 is 6.03 Å². The van der Waals surface area contributed by atoms with Crippen LogP contribution in [0.3, 0.4) is 0 Å². The lowest BCUT2D eigenvalue weighted by atomic mass is 10.0. The Hall–Kier alpha value is -2.24. The van der Waals surface area contributed by atoms with Gasteiger partial charge in [-0.2, -0.15) is 0 Å². The van der Waals surface area contributed by atoms with Crippen LogP contribution in [0.4, 0.5) is 4.79 Å². The van der Waals surface area contributed by atoms with Crippen molar-refractivity contribution in [2.24, 2.45) is 0 Å². The molecule has 2 heterocycles. The predicted molar refractivity (Wildman–Crippen MR) is 73.4 cm³/mol. The molecule has 1 atom stereocenters. The fourth-order valence-electron chi connectivity index (χ4n) is 2.58. The van der Waals surface area contributed by atoms with E-state index in [2.05, 4.69) is 5.32 Å². The number of hydrogen-bond donors (Lipinski definition) is 2. The quantitative estimate of drug-likeness (QED) is 0.885. The molecule has 2 amide bonds. The molecule has 2 aliphatic heterocycles. The maximum atomic E-state index is 11.9. The van der Waals surface area contributed by atoms with Gasteiger partial charge in [-0.1, -0.05) is 13.0 Å².